The van der Waals surface area contributed by atoms with Crippen LogP contribution in [0.5, 0.6) is 0 Å². The third-order valence-electron chi connectivity index (χ3n) is 3.34. The van der Waals surface area contributed by atoms with Gasteiger partial charge >= 0.3 is 5.69 Å². The molecule has 1 heterocycles. The van der Waals surface area contributed by atoms with Crippen LogP contribution in [0.2, 0.25) is 0 Å². The lowest BCUT2D eigenvalue weighted by atomic mass is 10.1. The average Bonchev–Trinajstić information content (AvgIpc) is 2.91. The normalized spacial score (nSPS) is 10.6. The molecule has 1 aromatic carbocycles. The Morgan fingerprint density at radius 3 is 2.88 bits per heavy atom. The van der Waals surface area contributed by atoms with Gasteiger partial charge in [0.05, 0.1) is 5.75 Å². The molecule has 0 aliphatic rings. The molecule has 1 amide bonds. The van der Waals surface area contributed by atoms with Crippen LogP contribution in [0.3, 0.4) is 0 Å². The Hall–Kier alpha value is -2.35. The Kier molecular flexibility index (Phi) is 6.36. The molecule has 128 valence electrons. The maximum atomic E-state index is 12.1. The second-order valence-electron chi connectivity index (χ2n) is 5.29. The predicted octanol–water partition coefficient (Wildman–Crippen LogP) is 2.30. The van der Waals surface area contributed by atoms with Gasteiger partial charge in [0.15, 0.2) is 10.9 Å². The number of nitrogens with zero attached hydrogens (tertiary/aromatic N) is 2. The predicted molar refractivity (Wildman–Crippen MR) is 93.6 cm³/mol. The van der Waals surface area contributed by atoms with Gasteiger partial charge in [-0.15, -0.1) is 5.10 Å². The number of carbonyl (C=O) groups is 2. The van der Waals surface area contributed by atoms with E-state index >= 15 is 0 Å². The highest BCUT2D eigenvalue weighted by Crippen LogP contribution is 2.16. The number of ketones is 1. The second-order valence-corrected chi connectivity index (χ2v) is 6.23. The van der Waals surface area contributed by atoms with E-state index < -0.39 is 0 Å². The summed E-state index contributed by atoms with van der Waals surface area (Å²) in [6.07, 6.45) is 1.84. The highest BCUT2D eigenvalue weighted by molar-refractivity contribution is 7.99. The highest BCUT2D eigenvalue weighted by Gasteiger charge is 2.11. The summed E-state index contributed by atoms with van der Waals surface area (Å²) in [4.78, 5) is 35.1. The number of nitrogens with one attached hydrogen (secondary N) is 2. The van der Waals surface area contributed by atoms with Crippen LogP contribution in [-0.2, 0) is 11.3 Å². The molecule has 7 nitrogen and oxygen atoms in total. The van der Waals surface area contributed by atoms with Crippen molar-refractivity contribution in [3.05, 3.63) is 40.3 Å². The summed E-state index contributed by atoms with van der Waals surface area (Å²) >= 11 is 1.20. The molecule has 0 spiro atoms. The molecular weight excluding hydrogens is 328 g/mol. The van der Waals surface area contributed by atoms with E-state index in [0.717, 1.165) is 12.8 Å². The molecule has 0 radical (unpaired) electrons. The fraction of sp³-hybridized carbons (Fsp3) is 0.375. The Balaban J connectivity index is 1.95. The van der Waals surface area contributed by atoms with Gasteiger partial charge in [0, 0.05) is 17.8 Å². The van der Waals surface area contributed by atoms with Crippen LogP contribution < -0.4 is 11.0 Å². The number of amides is 1. The van der Waals surface area contributed by atoms with E-state index in [9.17, 15) is 14.4 Å². The lowest BCUT2D eigenvalue weighted by molar-refractivity contribution is -0.113. The molecule has 0 aliphatic carbocycles. The number of aromatic nitrogens is 3. The Bertz CT molecular complexity index is 782. The number of hydrogen-bond acceptors (Lipinski definition) is 5. The first kappa shape index (κ1) is 18.0. The largest absolute Gasteiger partial charge is 0.343 e. The monoisotopic (exact) mass is 348 g/mol. The molecular formula is C16H20N4O3S. The van der Waals surface area contributed by atoms with Crippen molar-refractivity contribution in [1.29, 1.82) is 0 Å². The zero-order valence-electron chi connectivity index (χ0n) is 13.7. The highest BCUT2D eigenvalue weighted by atomic mass is 32.2. The van der Waals surface area contributed by atoms with Crippen LogP contribution in [0.15, 0.2) is 34.2 Å². The number of H-pyrrole nitrogens is 1. The maximum Gasteiger partial charge on any atom is 0.343 e. The van der Waals surface area contributed by atoms with Gasteiger partial charge in [0.1, 0.15) is 0 Å². The van der Waals surface area contributed by atoms with Crippen LogP contribution in [0.25, 0.3) is 0 Å². The first-order valence-corrected chi connectivity index (χ1v) is 8.68. The minimum absolute atomic E-state index is 0.0584. The van der Waals surface area contributed by atoms with E-state index in [-0.39, 0.29) is 23.1 Å². The summed E-state index contributed by atoms with van der Waals surface area (Å²) in [7, 11) is 0. The van der Waals surface area contributed by atoms with E-state index in [1.54, 1.807) is 24.3 Å². The fourth-order valence-corrected chi connectivity index (χ4v) is 2.84. The Morgan fingerprint density at radius 2 is 2.17 bits per heavy atom. The smallest absolute Gasteiger partial charge is 0.325 e. The van der Waals surface area contributed by atoms with Crippen LogP contribution in [0.1, 0.15) is 37.0 Å². The van der Waals surface area contributed by atoms with E-state index in [0.29, 0.717) is 23.0 Å². The van der Waals surface area contributed by atoms with Gasteiger partial charge in [-0.2, -0.15) is 0 Å². The number of Topliss-reactive ketones (excluding diaryl/α,β-unsaturated/α-hetero) is 1. The van der Waals surface area contributed by atoms with Crippen molar-refractivity contribution in [1.82, 2.24) is 14.8 Å². The molecule has 0 saturated carbocycles. The summed E-state index contributed by atoms with van der Waals surface area (Å²) in [5, 5.41) is 9.60. The number of benzene rings is 1. The van der Waals surface area contributed by atoms with Gasteiger partial charge in [-0.1, -0.05) is 37.2 Å². The number of aromatic amines is 1. The SMILES string of the molecule is CCCCn1c(SCC(=O)Nc2cccc(C(C)=O)c2)n[nH]c1=O. The molecule has 2 aromatic rings. The topological polar surface area (TPSA) is 96.8 Å². The fourth-order valence-electron chi connectivity index (χ4n) is 2.07. The summed E-state index contributed by atoms with van der Waals surface area (Å²) in [5.41, 5.74) is 0.848. The quantitative estimate of drug-likeness (QED) is 0.563. The third-order valence-corrected chi connectivity index (χ3v) is 4.32. The molecule has 8 heteroatoms. The van der Waals surface area contributed by atoms with Crippen molar-refractivity contribution in [2.24, 2.45) is 0 Å². The van der Waals surface area contributed by atoms with Crippen molar-refractivity contribution >= 4 is 29.1 Å². The van der Waals surface area contributed by atoms with E-state index in [2.05, 4.69) is 15.5 Å². The molecule has 1 aromatic heterocycles. The Labute approximate surface area is 143 Å². The minimum atomic E-state index is -0.263. The zero-order chi connectivity index (χ0) is 17.5. The van der Waals surface area contributed by atoms with Gasteiger partial charge in [-0.25, -0.2) is 9.89 Å². The lowest BCUT2D eigenvalue weighted by Crippen LogP contribution is -2.19. The second kappa shape index (κ2) is 8.49. The van der Waals surface area contributed by atoms with Gasteiger partial charge in [-0.3, -0.25) is 14.2 Å². The van der Waals surface area contributed by atoms with Crippen LogP contribution in [0, 0.1) is 0 Å². The zero-order valence-corrected chi connectivity index (χ0v) is 14.5. The number of anilines is 1. The number of carbonyl (C=O) groups excluding carboxylic acids is 2. The molecule has 0 unspecified atom stereocenters. The van der Waals surface area contributed by atoms with Crippen molar-refractivity contribution in [2.45, 2.75) is 38.4 Å². The van der Waals surface area contributed by atoms with E-state index in [4.69, 9.17) is 0 Å². The van der Waals surface area contributed by atoms with Gasteiger partial charge in [0.2, 0.25) is 5.91 Å². The number of unbranched alkanes of at least 4 members (excludes halogenated alkanes) is 1. The van der Waals surface area contributed by atoms with Gasteiger partial charge in [0.25, 0.3) is 0 Å². The first-order valence-electron chi connectivity index (χ1n) is 7.70. The Morgan fingerprint density at radius 1 is 1.38 bits per heavy atom. The average molecular weight is 348 g/mol. The van der Waals surface area contributed by atoms with Crippen LogP contribution in [-0.4, -0.2) is 32.2 Å². The van der Waals surface area contributed by atoms with Gasteiger partial charge < -0.3 is 5.32 Å². The molecule has 0 aliphatic heterocycles. The maximum absolute atomic E-state index is 12.1. The van der Waals surface area contributed by atoms with Crippen molar-refractivity contribution < 1.29 is 9.59 Å². The minimum Gasteiger partial charge on any atom is -0.325 e. The summed E-state index contributed by atoms with van der Waals surface area (Å²) in [6.45, 7) is 4.10. The molecule has 0 atom stereocenters. The summed E-state index contributed by atoms with van der Waals surface area (Å²) in [5.74, 6) is -0.157. The van der Waals surface area contributed by atoms with Crippen molar-refractivity contribution in [2.75, 3.05) is 11.1 Å². The number of thioether (sulfide) groups is 1. The lowest BCUT2D eigenvalue weighted by Gasteiger charge is -2.07. The van der Waals surface area contributed by atoms with Crippen LogP contribution in [0.4, 0.5) is 5.69 Å². The molecule has 0 bridgehead atoms. The first-order chi connectivity index (χ1) is 11.5. The van der Waals surface area contributed by atoms with Gasteiger partial charge in [-0.05, 0) is 25.5 Å². The molecule has 0 saturated heterocycles. The van der Waals surface area contributed by atoms with E-state index in [1.165, 1.54) is 23.3 Å². The van der Waals surface area contributed by atoms with E-state index in [1.807, 2.05) is 6.92 Å². The van der Waals surface area contributed by atoms with Crippen LogP contribution >= 0.6 is 11.8 Å². The standard InChI is InChI=1S/C16H20N4O3S/c1-3-4-8-20-15(23)18-19-16(20)24-10-14(22)17-13-7-5-6-12(9-13)11(2)21/h5-7,9H,3-4,8,10H2,1-2H3,(H,17,22)(H,18,23). The number of rotatable bonds is 8. The van der Waals surface area contributed by atoms with Crippen molar-refractivity contribution in [3.8, 4) is 0 Å². The van der Waals surface area contributed by atoms with Crippen molar-refractivity contribution in [3.63, 3.8) is 0 Å². The third kappa shape index (κ3) is 4.82. The molecule has 2 rings (SSSR count). The molecule has 24 heavy (non-hydrogen) atoms. The molecule has 2 N–H and O–H groups in total. The molecule has 0 fully saturated rings. The summed E-state index contributed by atoms with van der Waals surface area (Å²) in [6, 6.07) is 6.77. The summed E-state index contributed by atoms with van der Waals surface area (Å²) < 4.78 is 1.54. The number of hydrogen-bond donors (Lipinski definition) is 2.